The Bertz CT molecular complexity index is 1430. The Morgan fingerprint density at radius 2 is 1.67 bits per heavy atom. The SMILES string of the molecule is C#COC(=O)CC(O)C(c1c(-c2ccc(F)cc2)cc(-c2c(F)c(F)cc(F)c2F)nc1C(C)C)[P+](=O)OC. The molecule has 2 aromatic carbocycles. The van der Waals surface area contributed by atoms with Crippen LogP contribution in [0.25, 0.3) is 22.4 Å². The molecule has 0 fully saturated rings. The molecule has 204 valence electrons. The molecule has 3 rings (SSSR count). The standard InChI is InChI=1S/C27H22F5NO5P/c1-5-38-21(35)12-20(34)27(39(36)37-4)22-16(14-6-8-15(28)9-7-14)10-19(33-26(22)13(2)3)23-24(31)17(29)11-18(30)25(23)32/h1,6-11,13,20,27,34H,12H2,2-4H3/q+1. The lowest BCUT2D eigenvalue weighted by Gasteiger charge is -2.23. The summed E-state index contributed by atoms with van der Waals surface area (Å²) in [6.45, 7) is 3.22. The fourth-order valence-corrected chi connectivity index (χ4v) is 5.16. The Morgan fingerprint density at radius 3 is 2.18 bits per heavy atom. The normalized spacial score (nSPS) is 13.1. The quantitative estimate of drug-likeness (QED) is 0.104. The van der Waals surface area contributed by atoms with Crippen molar-refractivity contribution in [3.8, 4) is 34.9 Å². The van der Waals surface area contributed by atoms with Gasteiger partial charge >= 0.3 is 14.0 Å². The molecule has 3 atom stereocenters. The van der Waals surface area contributed by atoms with Gasteiger partial charge in [-0.25, -0.2) is 22.0 Å². The number of rotatable bonds is 9. The molecule has 3 aromatic rings. The van der Waals surface area contributed by atoms with Crippen LogP contribution in [0.5, 0.6) is 0 Å². The fourth-order valence-electron chi connectivity index (χ4n) is 4.06. The number of hydrogen-bond donors (Lipinski definition) is 1. The molecule has 1 N–H and O–H groups in total. The number of terminal acetylenes is 1. The number of halogens is 5. The van der Waals surface area contributed by atoms with Crippen LogP contribution >= 0.6 is 8.03 Å². The van der Waals surface area contributed by atoms with E-state index in [1.54, 1.807) is 20.0 Å². The van der Waals surface area contributed by atoms with Gasteiger partial charge in [0.15, 0.2) is 23.3 Å². The van der Waals surface area contributed by atoms with Crippen LogP contribution in [0.4, 0.5) is 22.0 Å². The molecule has 0 saturated heterocycles. The van der Waals surface area contributed by atoms with Crippen molar-refractivity contribution in [1.29, 1.82) is 0 Å². The van der Waals surface area contributed by atoms with Crippen LogP contribution < -0.4 is 0 Å². The highest BCUT2D eigenvalue weighted by atomic mass is 31.1. The zero-order valence-corrected chi connectivity index (χ0v) is 21.7. The van der Waals surface area contributed by atoms with Crippen molar-refractivity contribution < 1.29 is 45.7 Å². The van der Waals surface area contributed by atoms with Crippen LogP contribution in [-0.4, -0.2) is 29.3 Å². The highest BCUT2D eigenvalue weighted by molar-refractivity contribution is 7.39. The number of pyridine rings is 1. The zero-order valence-electron chi connectivity index (χ0n) is 20.8. The highest BCUT2D eigenvalue weighted by Crippen LogP contribution is 2.51. The van der Waals surface area contributed by atoms with E-state index >= 15 is 0 Å². The van der Waals surface area contributed by atoms with Gasteiger partial charge < -0.3 is 9.84 Å². The van der Waals surface area contributed by atoms with Crippen LogP contribution in [0.1, 0.15) is 43.1 Å². The van der Waals surface area contributed by atoms with Gasteiger partial charge in [0, 0.05) is 11.6 Å². The van der Waals surface area contributed by atoms with E-state index in [4.69, 9.17) is 10.9 Å². The van der Waals surface area contributed by atoms with E-state index in [1.165, 1.54) is 12.1 Å². The minimum atomic E-state index is -2.78. The van der Waals surface area contributed by atoms with Crippen molar-refractivity contribution in [2.75, 3.05) is 7.11 Å². The largest absolute Gasteiger partial charge is 0.518 e. The lowest BCUT2D eigenvalue weighted by Crippen LogP contribution is -2.23. The van der Waals surface area contributed by atoms with Gasteiger partial charge in [-0.05, 0) is 39.8 Å². The molecule has 1 heterocycles. The molecule has 1 aromatic heterocycles. The van der Waals surface area contributed by atoms with Crippen LogP contribution in [0.2, 0.25) is 0 Å². The van der Waals surface area contributed by atoms with Crippen LogP contribution in [-0.2, 0) is 18.6 Å². The molecule has 0 aliphatic heterocycles. The molecule has 0 aliphatic rings. The van der Waals surface area contributed by atoms with Gasteiger partial charge in [-0.1, -0.05) is 32.4 Å². The Morgan fingerprint density at radius 1 is 1.08 bits per heavy atom. The number of aliphatic hydroxyl groups excluding tert-OH is 1. The van der Waals surface area contributed by atoms with E-state index in [9.17, 15) is 36.4 Å². The monoisotopic (exact) mass is 566 g/mol. The molecular weight excluding hydrogens is 544 g/mol. The Hall–Kier alpha value is -3.71. The maximum atomic E-state index is 14.8. The number of ether oxygens (including phenoxy) is 1. The third-order valence-electron chi connectivity index (χ3n) is 5.77. The summed E-state index contributed by atoms with van der Waals surface area (Å²) >= 11 is 0. The van der Waals surface area contributed by atoms with Gasteiger partial charge in [-0.2, -0.15) is 0 Å². The van der Waals surface area contributed by atoms with Crippen LogP contribution in [0.3, 0.4) is 0 Å². The number of benzene rings is 2. The average molecular weight is 566 g/mol. The van der Waals surface area contributed by atoms with E-state index in [2.05, 4.69) is 9.72 Å². The maximum absolute atomic E-state index is 14.8. The van der Waals surface area contributed by atoms with Crippen LogP contribution in [0, 0.1) is 41.6 Å². The van der Waals surface area contributed by atoms with E-state index in [-0.39, 0.29) is 28.5 Å². The molecule has 12 heteroatoms. The Labute approximate surface area is 221 Å². The number of aliphatic hydroxyl groups is 1. The van der Waals surface area contributed by atoms with Crippen LogP contribution in [0.15, 0.2) is 36.4 Å². The summed E-state index contributed by atoms with van der Waals surface area (Å²) in [5.41, 5.74) is -2.84. The van der Waals surface area contributed by atoms with Crippen molar-refractivity contribution in [3.05, 3.63) is 76.7 Å². The van der Waals surface area contributed by atoms with Crippen molar-refractivity contribution in [1.82, 2.24) is 4.98 Å². The lowest BCUT2D eigenvalue weighted by molar-refractivity contribution is -0.139. The van der Waals surface area contributed by atoms with Gasteiger partial charge in [-0.3, -0.25) is 9.78 Å². The zero-order chi connectivity index (χ0) is 29.0. The number of carbonyl (C=O) groups is 1. The number of carbonyl (C=O) groups excluding carboxylic acids is 1. The van der Waals surface area contributed by atoms with Gasteiger partial charge in [0.05, 0.1) is 30.5 Å². The van der Waals surface area contributed by atoms with Crippen molar-refractivity contribution in [3.63, 3.8) is 0 Å². The van der Waals surface area contributed by atoms with E-state index in [0.717, 1.165) is 25.3 Å². The second kappa shape index (κ2) is 12.4. The number of hydrogen-bond acceptors (Lipinski definition) is 6. The highest BCUT2D eigenvalue weighted by Gasteiger charge is 2.45. The average Bonchev–Trinajstić information content (AvgIpc) is 2.88. The molecule has 0 bridgehead atoms. The maximum Gasteiger partial charge on any atom is 0.518 e. The molecule has 3 unspecified atom stereocenters. The van der Waals surface area contributed by atoms with E-state index in [0.29, 0.717) is 0 Å². The molecule has 0 radical (unpaired) electrons. The topological polar surface area (TPSA) is 85.7 Å². The van der Waals surface area contributed by atoms with E-state index in [1.807, 2.05) is 0 Å². The first-order valence-electron chi connectivity index (χ1n) is 11.4. The lowest BCUT2D eigenvalue weighted by atomic mass is 9.88. The second-order valence-electron chi connectivity index (χ2n) is 8.63. The fraction of sp³-hybridized carbons (Fsp3) is 0.259. The van der Waals surface area contributed by atoms with Gasteiger partial charge in [0.2, 0.25) is 5.66 Å². The number of esters is 1. The Balaban J connectivity index is 2.44. The van der Waals surface area contributed by atoms with Crippen molar-refractivity contribution >= 4 is 14.0 Å². The number of nitrogens with zero attached hydrogens (tertiary/aromatic N) is 1. The first kappa shape index (κ1) is 29.8. The minimum absolute atomic E-state index is 0.00469. The summed E-state index contributed by atoms with van der Waals surface area (Å²) in [5.74, 6) is -8.97. The Kier molecular flexibility index (Phi) is 9.51. The molecule has 6 nitrogen and oxygen atoms in total. The number of aromatic nitrogens is 1. The third-order valence-corrected chi connectivity index (χ3v) is 7.19. The van der Waals surface area contributed by atoms with E-state index < -0.39 is 78.4 Å². The second-order valence-corrected chi connectivity index (χ2v) is 10.1. The van der Waals surface area contributed by atoms with Gasteiger partial charge in [0.1, 0.15) is 18.0 Å². The summed E-state index contributed by atoms with van der Waals surface area (Å²) in [6, 6.07) is 5.84. The summed E-state index contributed by atoms with van der Waals surface area (Å²) in [6.07, 6.45) is 4.18. The van der Waals surface area contributed by atoms with Crippen molar-refractivity contribution in [2.24, 2.45) is 0 Å². The predicted molar refractivity (Wildman–Crippen MR) is 132 cm³/mol. The molecule has 0 spiro atoms. The molecule has 0 aliphatic carbocycles. The van der Waals surface area contributed by atoms with Gasteiger partial charge in [0.25, 0.3) is 0 Å². The summed E-state index contributed by atoms with van der Waals surface area (Å²) < 4.78 is 94.1. The van der Waals surface area contributed by atoms with Crippen molar-refractivity contribution in [2.45, 2.75) is 37.9 Å². The van der Waals surface area contributed by atoms with Gasteiger partial charge in [-0.15, -0.1) is 4.52 Å². The summed E-state index contributed by atoms with van der Waals surface area (Å²) in [5, 5.41) is 11.0. The smallest absolute Gasteiger partial charge is 0.387 e. The summed E-state index contributed by atoms with van der Waals surface area (Å²) in [4.78, 5) is 16.3. The predicted octanol–water partition coefficient (Wildman–Crippen LogP) is 6.55. The molecular formula is C27H22F5NO5P+. The molecule has 39 heavy (non-hydrogen) atoms. The molecule has 0 amide bonds. The summed E-state index contributed by atoms with van der Waals surface area (Å²) in [7, 11) is -1.69. The minimum Gasteiger partial charge on any atom is -0.387 e. The molecule has 0 saturated carbocycles. The third kappa shape index (κ3) is 6.31. The first-order chi connectivity index (χ1) is 18.4. The first-order valence-corrected chi connectivity index (χ1v) is 12.6.